The Morgan fingerprint density at radius 2 is 2.03 bits per heavy atom. The highest BCUT2D eigenvalue weighted by atomic mass is 127. The van der Waals surface area contributed by atoms with Crippen molar-refractivity contribution in [1.29, 1.82) is 0 Å². The van der Waals surface area contributed by atoms with Crippen molar-refractivity contribution >= 4 is 41.5 Å². The Kier molecular flexibility index (Phi) is 9.36. The van der Waals surface area contributed by atoms with E-state index in [9.17, 15) is 4.79 Å². The van der Waals surface area contributed by atoms with Gasteiger partial charge in [0, 0.05) is 51.8 Å². The van der Waals surface area contributed by atoms with Crippen molar-refractivity contribution in [2.24, 2.45) is 4.99 Å². The van der Waals surface area contributed by atoms with Crippen LogP contribution in [-0.4, -0.2) is 53.3 Å². The van der Waals surface area contributed by atoms with Gasteiger partial charge in [-0.3, -0.25) is 9.79 Å². The second kappa shape index (κ2) is 11.7. The number of amides is 1. The smallest absolute Gasteiger partial charge is 0.227 e. The Balaban J connectivity index is 0.00000300. The van der Waals surface area contributed by atoms with Crippen LogP contribution in [-0.2, 0) is 24.2 Å². The second-order valence-electron chi connectivity index (χ2n) is 6.75. The maximum Gasteiger partial charge on any atom is 0.227 e. The van der Waals surface area contributed by atoms with Crippen molar-refractivity contribution in [2.45, 2.75) is 39.2 Å². The first-order chi connectivity index (χ1) is 13.7. The maximum absolute atomic E-state index is 12.5. The molecule has 0 spiro atoms. The molecule has 0 radical (unpaired) electrons. The minimum atomic E-state index is 0. The van der Waals surface area contributed by atoms with Gasteiger partial charge in [-0.25, -0.2) is 0 Å². The molecular formula is C20H30IN7O. The van der Waals surface area contributed by atoms with Crippen LogP contribution in [0.3, 0.4) is 0 Å². The summed E-state index contributed by atoms with van der Waals surface area (Å²) in [5, 5.41) is 14.6. The molecule has 0 aliphatic carbocycles. The molecule has 2 heterocycles. The van der Waals surface area contributed by atoms with Gasteiger partial charge in [0.05, 0.1) is 0 Å². The van der Waals surface area contributed by atoms with Gasteiger partial charge in [-0.1, -0.05) is 25.1 Å². The number of nitrogens with zero attached hydrogens (tertiary/aromatic N) is 5. The molecule has 1 aromatic carbocycles. The topological polar surface area (TPSA) is 87.4 Å². The highest BCUT2D eigenvalue weighted by Gasteiger charge is 2.23. The van der Waals surface area contributed by atoms with Gasteiger partial charge in [-0.15, -0.1) is 34.2 Å². The molecule has 2 N–H and O–H groups in total. The summed E-state index contributed by atoms with van der Waals surface area (Å²) < 4.78 is 2.03. The lowest BCUT2D eigenvalue weighted by atomic mass is 10.2. The number of halogens is 1. The number of anilines is 1. The van der Waals surface area contributed by atoms with Crippen LogP contribution in [0.15, 0.2) is 35.6 Å². The van der Waals surface area contributed by atoms with E-state index in [4.69, 9.17) is 0 Å². The summed E-state index contributed by atoms with van der Waals surface area (Å²) in [6.45, 7) is 5.07. The van der Waals surface area contributed by atoms with Gasteiger partial charge in [-0.2, -0.15) is 0 Å². The molecule has 29 heavy (non-hydrogen) atoms. The Morgan fingerprint density at radius 1 is 1.24 bits per heavy atom. The summed E-state index contributed by atoms with van der Waals surface area (Å²) >= 11 is 0. The molecule has 1 aliphatic rings. The number of hydrogen-bond donors (Lipinski definition) is 2. The minimum absolute atomic E-state index is 0. The van der Waals surface area contributed by atoms with E-state index in [1.165, 1.54) is 5.56 Å². The summed E-state index contributed by atoms with van der Waals surface area (Å²) in [5.41, 5.74) is 2.33. The Bertz CT molecular complexity index is 821. The van der Waals surface area contributed by atoms with Crippen molar-refractivity contribution in [3.63, 3.8) is 0 Å². The molecule has 1 amide bonds. The van der Waals surface area contributed by atoms with E-state index >= 15 is 0 Å². The third-order valence-electron chi connectivity index (χ3n) is 4.93. The predicted octanol–water partition coefficient (Wildman–Crippen LogP) is 1.99. The van der Waals surface area contributed by atoms with Crippen molar-refractivity contribution in [3.8, 4) is 0 Å². The van der Waals surface area contributed by atoms with Crippen LogP contribution in [0.2, 0.25) is 0 Å². The van der Waals surface area contributed by atoms with Gasteiger partial charge in [0.1, 0.15) is 12.2 Å². The standard InChI is InChI=1S/C20H29N7O.HI/c1-3-18-25-24-15-26(18)14-12-23-20(21-2)22-11-6-9-19(28)27-13-10-16-7-4-5-8-17(16)27;/h4-5,7-8,15H,3,6,9-14H2,1-2H3,(H2,21,22,23);1H. The molecule has 1 aliphatic heterocycles. The van der Waals surface area contributed by atoms with E-state index in [0.717, 1.165) is 56.4 Å². The SMILES string of the molecule is CCc1nncn1CCNC(=NC)NCCCC(=O)N1CCc2ccccc21.I. The van der Waals surface area contributed by atoms with Crippen LogP contribution < -0.4 is 15.5 Å². The number of aryl methyl sites for hydroxylation is 1. The van der Waals surface area contributed by atoms with Crippen LogP contribution in [0, 0.1) is 0 Å². The number of para-hydroxylation sites is 1. The average Bonchev–Trinajstić information content (AvgIpc) is 3.36. The molecule has 0 atom stereocenters. The molecule has 0 saturated heterocycles. The fourth-order valence-corrected chi connectivity index (χ4v) is 3.43. The van der Waals surface area contributed by atoms with Crippen LogP contribution in [0.4, 0.5) is 5.69 Å². The molecule has 0 unspecified atom stereocenters. The quantitative estimate of drug-likeness (QED) is 0.245. The van der Waals surface area contributed by atoms with Crippen LogP contribution in [0.5, 0.6) is 0 Å². The lowest BCUT2D eigenvalue weighted by Gasteiger charge is -2.17. The van der Waals surface area contributed by atoms with Crippen LogP contribution >= 0.6 is 24.0 Å². The van der Waals surface area contributed by atoms with Crippen LogP contribution in [0.25, 0.3) is 0 Å². The molecule has 0 fully saturated rings. The van der Waals surface area contributed by atoms with Gasteiger partial charge in [0.2, 0.25) is 5.91 Å². The zero-order valence-electron chi connectivity index (χ0n) is 17.1. The molecule has 3 rings (SSSR count). The molecule has 158 valence electrons. The lowest BCUT2D eigenvalue weighted by molar-refractivity contribution is -0.118. The van der Waals surface area contributed by atoms with Gasteiger partial charge in [-0.05, 0) is 24.5 Å². The van der Waals surface area contributed by atoms with E-state index in [0.29, 0.717) is 13.0 Å². The number of benzene rings is 1. The molecule has 9 heteroatoms. The minimum Gasteiger partial charge on any atom is -0.356 e. The number of nitrogens with one attached hydrogen (secondary N) is 2. The number of guanidine groups is 1. The Morgan fingerprint density at radius 3 is 2.83 bits per heavy atom. The summed E-state index contributed by atoms with van der Waals surface area (Å²) in [6, 6.07) is 8.15. The molecule has 0 saturated carbocycles. The molecule has 2 aromatic rings. The number of aromatic nitrogens is 3. The van der Waals surface area contributed by atoms with E-state index in [-0.39, 0.29) is 29.9 Å². The van der Waals surface area contributed by atoms with E-state index in [1.54, 1.807) is 13.4 Å². The number of hydrogen-bond acceptors (Lipinski definition) is 4. The van der Waals surface area contributed by atoms with Crippen molar-refractivity contribution < 1.29 is 4.79 Å². The third-order valence-corrected chi connectivity index (χ3v) is 4.93. The van der Waals surface area contributed by atoms with Gasteiger partial charge >= 0.3 is 0 Å². The fourth-order valence-electron chi connectivity index (χ4n) is 3.43. The first-order valence-corrected chi connectivity index (χ1v) is 9.92. The van der Waals surface area contributed by atoms with E-state index < -0.39 is 0 Å². The number of carbonyl (C=O) groups is 1. The number of aliphatic imine (C=N–C) groups is 1. The fraction of sp³-hybridized carbons (Fsp3) is 0.500. The highest BCUT2D eigenvalue weighted by Crippen LogP contribution is 2.27. The zero-order valence-corrected chi connectivity index (χ0v) is 19.4. The van der Waals surface area contributed by atoms with Crippen molar-refractivity contribution in [3.05, 3.63) is 42.0 Å². The Hall–Kier alpha value is -2.17. The summed E-state index contributed by atoms with van der Waals surface area (Å²) in [7, 11) is 1.75. The maximum atomic E-state index is 12.5. The lowest BCUT2D eigenvalue weighted by Crippen LogP contribution is -2.39. The third kappa shape index (κ3) is 6.15. The molecular weight excluding hydrogens is 481 g/mol. The van der Waals surface area contributed by atoms with E-state index in [1.807, 2.05) is 27.7 Å². The molecule has 1 aromatic heterocycles. The molecule has 8 nitrogen and oxygen atoms in total. The summed E-state index contributed by atoms with van der Waals surface area (Å²) in [5.74, 6) is 1.91. The second-order valence-corrected chi connectivity index (χ2v) is 6.75. The predicted molar refractivity (Wildman–Crippen MR) is 126 cm³/mol. The van der Waals surface area contributed by atoms with Gasteiger partial charge in [0.15, 0.2) is 5.96 Å². The Labute approximate surface area is 189 Å². The van der Waals surface area contributed by atoms with Crippen molar-refractivity contribution in [1.82, 2.24) is 25.4 Å². The number of fused-ring (bicyclic) bond motifs is 1. The monoisotopic (exact) mass is 511 g/mol. The number of rotatable bonds is 8. The first-order valence-electron chi connectivity index (χ1n) is 9.92. The molecule has 0 bridgehead atoms. The number of carbonyl (C=O) groups excluding carboxylic acids is 1. The van der Waals surface area contributed by atoms with E-state index in [2.05, 4.69) is 38.8 Å². The van der Waals surface area contributed by atoms with Gasteiger partial charge < -0.3 is 20.1 Å². The average molecular weight is 511 g/mol. The first kappa shape index (κ1) is 23.1. The zero-order chi connectivity index (χ0) is 19.8. The van der Waals surface area contributed by atoms with Crippen molar-refractivity contribution in [2.75, 3.05) is 31.6 Å². The van der Waals surface area contributed by atoms with Crippen LogP contribution in [0.1, 0.15) is 31.2 Å². The van der Waals surface area contributed by atoms with Gasteiger partial charge in [0.25, 0.3) is 0 Å². The summed E-state index contributed by atoms with van der Waals surface area (Å²) in [6.07, 6.45) is 4.85. The highest BCUT2D eigenvalue weighted by molar-refractivity contribution is 14.0. The summed E-state index contributed by atoms with van der Waals surface area (Å²) in [4.78, 5) is 18.7. The largest absolute Gasteiger partial charge is 0.356 e. The normalized spacial score (nSPS) is 13.0.